The number of rotatable bonds is 3. The Kier molecular flexibility index (Phi) is 4.72. The summed E-state index contributed by atoms with van der Waals surface area (Å²) >= 11 is 0. The van der Waals surface area contributed by atoms with Crippen molar-refractivity contribution >= 4 is 16.9 Å². The van der Waals surface area contributed by atoms with Crippen molar-refractivity contribution in [2.24, 2.45) is 7.05 Å². The van der Waals surface area contributed by atoms with Crippen LogP contribution in [-0.4, -0.2) is 67.2 Å². The molecule has 8 nitrogen and oxygen atoms in total. The smallest absolute Gasteiger partial charge is 0.245 e. The maximum absolute atomic E-state index is 14.5. The number of anilines is 1. The number of hydrogen-bond acceptors (Lipinski definition) is 7. The van der Waals surface area contributed by atoms with Crippen molar-refractivity contribution in [2.45, 2.75) is 18.9 Å². The van der Waals surface area contributed by atoms with Gasteiger partial charge in [-0.2, -0.15) is 5.10 Å². The van der Waals surface area contributed by atoms with Gasteiger partial charge in [-0.1, -0.05) is 6.07 Å². The summed E-state index contributed by atoms with van der Waals surface area (Å²) in [7, 11) is 1.76. The zero-order valence-corrected chi connectivity index (χ0v) is 18.3. The van der Waals surface area contributed by atoms with Gasteiger partial charge in [-0.15, -0.1) is 10.2 Å². The minimum atomic E-state index is -0.393. The lowest BCUT2D eigenvalue weighted by atomic mass is 10.0. The molecule has 2 aliphatic heterocycles. The van der Waals surface area contributed by atoms with Gasteiger partial charge >= 0.3 is 0 Å². The fourth-order valence-corrected chi connectivity index (χ4v) is 5.02. The van der Waals surface area contributed by atoms with E-state index in [4.69, 9.17) is 0 Å². The molecule has 2 aromatic heterocycles. The molecule has 4 aromatic rings. The summed E-state index contributed by atoms with van der Waals surface area (Å²) in [5.74, 6) is 0.278. The van der Waals surface area contributed by atoms with Gasteiger partial charge in [0.05, 0.1) is 6.20 Å². The first-order chi connectivity index (χ1) is 16.0. The first-order valence-electron chi connectivity index (χ1n) is 11.2. The fraction of sp³-hybridized carbons (Fsp3) is 0.333. The summed E-state index contributed by atoms with van der Waals surface area (Å²) in [6.07, 6.45) is 5.90. The van der Waals surface area contributed by atoms with Crippen molar-refractivity contribution in [1.82, 2.24) is 29.9 Å². The predicted molar refractivity (Wildman–Crippen MR) is 123 cm³/mol. The molecule has 0 bridgehead atoms. The van der Waals surface area contributed by atoms with E-state index in [0.29, 0.717) is 45.3 Å². The largest absolute Gasteiger partial charge is 0.507 e. The number of aromatic hydroxyl groups is 1. The van der Waals surface area contributed by atoms with E-state index in [-0.39, 0.29) is 5.75 Å². The number of fused-ring (bicyclic) bond motifs is 2. The van der Waals surface area contributed by atoms with Gasteiger partial charge in [-0.25, -0.2) is 9.37 Å². The lowest BCUT2D eigenvalue weighted by Gasteiger charge is -2.37. The third-order valence-electron chi connectivity index (χ3n) is 6.70. The number of phenols is 1. The molecule has 2 aromatic carbocycles. The molecule has 2 fully saturated rings. The van der Waals surface area contributed by atoms with Gasteiger partial charge in [0.25, 0.3) is 0 Å². The molecule has 0 aliphatic carbocycles. The minimum absolute atomic E-state index is 0.0441. The maximum Gasteiger partial charge on any atom is 0.245 e. The van der Waals surface area contributed by atoms with Gasteiger partial charge in [0.2, 0.25) is 5.95 Å². The summed E-state index contributed by atoms with van der Waals surface area (Å²) in [5, 5.41) is 24.2. The Morgan fingerprint density at radius 3 is 2.79 bits per heavy atom. The zero-order valence-electron chi connectivity index (χ0n) is 18.3. The summed E-state index contributed by atoms with van der Waals surface area (Å²) in [4.78, 5) is 9.25. The number of aromatic nitrogens is 5. The molecule has 1 atom stereocenters. The molecule has 33 heavy (non-hydrogen) atoms. The van der Waals surface area contributed by atoms with E-state index in [2.05, 4.69) is 30.1 Å². The fourth-order valence-electron chi connectivity index (χ4n) is 5.02. The Morgan fingerprint density at radius 2 is 1.97 bits per heavy atom. The molecule has 0 unspecified atom stereocenters. The van der Waals surface area contributed by atoms with E-state index in [1.807, 2.05) is 12.1 Å². The van der Waals surface area contributed by atoms with Crippen LogP contribution in [0.25, 0.3) is 33.3 Å². The number of phenolic OH excluding ortho intramolecular Hbond substituents is 1. The lowest BCUT2D eigenvalue weighted by molar-refractivity contribution is 0.229. The van der Waals surface area contributed by atoms with Crippen LogP contribution in [0.2, 0.25) is 0 Å². The number of hydrogen-bond donors (Lipinski definition) is 1. The van der Waals surface area contributed by atoms with Crippen LogP contribution < -0.4 is 4.90 Å². The monoisotopic (exact) mass is 445 g/mol. The molecule has 2 saturated heterocycles. The molecule has 6 rings (SSSR count). The van der Waals surface area contributed by atoms with Crippen molar-refractivity contribution in [3.63, 3.8) is 0 Å². The molecular weight excluding hydrogens is 421 g/mol. The Bertz CT molecular complexity index is 1340. The molecule has 0 amide bonds. The van der Waals surface area contributed by atoms with E-state index >= 15 is 0 Å². The average Bonchev–Trinajstić information content (AvgIpc) is 3.44. The van der Waals surface area contributed by atoms with Crippen molar-refractivity contribution in [3.05, 3.63) is 48.5 Å². The molecule has 2 aliphatic rings. The molecule has 9 heteroatoms. The van der Waals surface area contributed by atoms with Crippen molar-refractivity contribution in [2.75, 3.05) is 31.1 Å². The van der Waals surface area contributed by atoms with Crippen LogP contribution in [0.5, 0.6) is 5.75 Å². The van der Waals surface area contributed by atoms with Crippen molar-refractivity contribution in [1.29, 1.82) is 0 Å². The molecular formula is C24H24FN7O. The predicted octanol–water partition coefficient (Wildman–Crippen LogP) is 3.22. The molecule has 168 valence electrons. The van der Waals surface area contributed by atoms with E-state index in [1.165, 1.54) is 25.5 Å². The van der Waals surface area contributed by atoms with Crippen LogP contribution in [0.4, 0.5) is 10.3 Å². The quantitative estimate of drug-likeness (QED) is 0.518. The second kappa shape index (κ2) is 7.77. The van der Waals surface area contributed by atoms with Gasteiger partial charge in [0, 0.05) is 49.9 Å². The Hall–Kier alpha value is -3.59. The van der Waals surface area contributed by atoms with Crippen LogP contribution in [0.15, 0.2) is 42.7 Å². The number of piperazine rings is 1. The van der Waals surface area contributed by atoms with E-state index < -0.39 is 5.82 Å². The highest BCUT2D eigenvalue weighted by atomic mass is 19.1. The molecule has 0 spiro atoms. The minimum Gasteiger partial charge on any atom is -0.507 e. The lowest BCUT2D eigenvalue weighted by Crippen LogP contribution is -2.50. The Morgan fingerprint density at radius 1 is 1.06 bits per heavy atom. The molecule has 0 saturated carbocycles. The number of aryl methyl sites for hydroxylation is 1. The van der Waals surface area contributed by atoms with E-state index in [0.717, 1.165) is 19.6 Å². The SMILES string of the molecule is Cn1cc2cc(-c3ccc(-c4cnc(N5CCN6CCC[C@H]6C5)nn4)c(O)c3)cc(F)c2n1. The van der Waals surface area contributed by atoms with Gasteiger partial charge in [-0.05, 0) is 54.8 Å². The highest BCUT2D eigenvalue weighted by Crippen LogP contribution is 2.34. The van der Waals surface area contributed by atoms with Crippen LogP contribution in [0.3, 0.4) is 0 Å². The van der Waals surface area contributed by atoms with Gasteiger partial charge in [0.1, 0.15) is 17.0 Å². The number of nitrogens with zero attached hydrogens (tertiary/aromatic N) is 7. The Balaban J connectivity index is 1.25. The normalized spacial score (nSPS) is 18.7. The highest BCUT2D eigenvalue weighted by molar-refractivity contribution is 5.85. The first-order valence-corrected chi connectivity index (χ1v) is 11.2. The highest BCUT2D eigenvalue weighted by Gasteiger charge is 2.31. The third kappa shape index (κ3) is 3.58. The number of benzene rings is 2. The maximum atomic E-state index is 14.5. The third-order valence-corrected chi connectivity index (χ3v) is 6.70. The zero-order chi connectivity index (χ0) is 22.5. The first kappa shape index (κ1) is 20.0. The summed E-state index contributed by atoms with van der Waals surface area (Å²) in [6.45, 7) is 4.05. The second-order valence-electron chi connectivity index (χ2n) is 8.85. The summed E-state index contributed by atoms with van der Waals surface area (Å²) < 4.78 is 16.1. The van der Waals surface area contributed by atoms with Crippen molar-refractivity contribution in [3.8, 4) is 28.1 Å². The van der Waals surface area contributed by atoms with Crippen LogP contribution in [0.1, 0.15) is 12.8 Å². The van der Waals surface area contributed by atoms with E-state index in [9.17, 15) is 9.50 Å². The van der Waals surface area contributed by atoms with Crippen LogP contribution in [0, 0.1) is 5.82 Å². The van der Waals surface area contributed by atoms with Gasteiger partial charge in [0.15, 0.2) is 5.82 Å². The van der Waals surface area contributed by atoms with Gasteiger partial charge < -0.3 is 10.0 Å². The Labute approximate surface area is 190 Å². The van der Waals surface area contributed by atoms with E-state index in [1.54, 1.807) is 36.3 Å². The van der Waals surface area contributed by atoms with Crippen LogP contribution >= 0.6 is 0 Å². The molecule has 0 radical (unpaired) electrons. The standard InChI is InChI=1S/C24H24FN7O/c1-30-13-17-9-16(10-20(25)23(17)29-30)15-4-5-19(22(33)11-15)21-12-26-24(28-27-21)32-8-7-31-6-2-3-18(31)14-32/h4-5,9-13,18,33H,2-3,6-8,14H2,1H3/t18-/m0/s1. The topological polar surface area (TPSA) is 83.2 Å². The van der Waals surface area contributed by atoms with Gasteiger partial charge in [-0.3, -0.25) is 9.58 Å². The summed E-state index contributed by atoms with van der Waals surface area (Å²) in [6, 6.07) is 9.08. The second-order valence-corrected chi connectivity index (χ2v) is 8.85. The number of halogens is 1. The van der Waals surface area contributed by atoms with Crippen LogP contribution in [-0.2, 0) is 7.05 Å². The van der Waals surface area contributed by atoms with Crippen molar-refractivity contribution < 1.29 is 9.50 Å². The molecule has 1 N–H and O–H groups in total. The summed E-state index contributed by atoms with van der Waals surface area (Å²) in [5.41, 5.74) is 2.73. The molecule has 4 heterocycles. The average molecular weight is 446 g/mol.